The van der Waals surface area contributed by atoms with E-state index < -0.39 is 0 Å². The Kier molecular flexibility index (Phi) is 3.94. The number of carbonyl (C=O) groups is 1. The number of carbonyl (C=O) groups excluding carboxylic acids is 1. The van der Waals surface area contributed by atoms with E-state index in [9.17, 15) is 8.68 Å². The highest BCUT2D eigenvalue weighted by molar-refractivity contribution is 7.92. The molecule has 1 fully saturated rings. The minimum absolute atomic E-state index is 0.0285. The van der Waals surface area contributed by atoms with Gasteiger partial charge in [-0.05, 0) is 31.0 Å². The smallest absolute Gasteiger partial charge is 0.228 e. The second-order valence-corrected chi connectivity index (χ2v) is 6.69. The van der Waals surface area contributed by atoms with Crippen LogP contribution in [-0.2, 0) is 4.79 Å². The van der Waals surface area contributed by atoms with E-state index in [2.05, 4.69) is 10.3 Å². The summed E-state index contributed by atoms with van der Waals surface area (Å²) in [7, 11) is 0. The largest absolute Gasteiger partial charge is 0.310 e. The lowest BCUT2D eigenvalue weighted by Gasteiger charge is -2.05. The Balaban J connectivity index is 1.79. The molecule has 0 bridgehead atoms. The predicted octanol–water partition coefficient (Wildman–Crippen LogP) is 5.09. The number of nitrogens with zero attached hydrogens (tertiary/aromatic N) is 2. The molecule has 1 saturated carbocycles. The first kappa shape index (κ1) is 15.5. The number of benzene rings is 1. The Morgan fingerprint density at radius 1 is 1.25 bits per heavy atom. The molecule has 2 heterocycles. The highest BCUT2D eigenvalue weighted by Crippen LogP contribution is 2.37. The minimum atomic E-state index is -0.0285. The lowest BCUT2D eigenvalue weighted by molar-refractivity contribution is -0.117. The summed E-state index contributed by atoms with van der Waals surface area (Å²) in [5.74, 6) is 0.487. The van der Waals surface area contributed by atoms with Crippen molar-refractivity contribution in [3.8, 4) is 11.1 Å². The van der Waals surface area contributed by atoms with Crippen molar-refractivity contribution in [1.29, 1.82) is 0 Å². The summed E-state index contributed by atoms with van der Waals surface area (Å²) in [4.78, 5) is 16.3. The topological polar surface area (TPSA) is 46.9 Å². The number of fused-ring (bicyclic) bond motifs is 1. The molecule has 0 spiro atoms. The summed E-state index contributed by atoms with van der Waals surface area (Å²) in [6.45, 7) is 0. The molecule has 1 N–H and O–H groups in total. The van der Waals surface area contributed by atoms with Crippen LogP contribution in [0.1, 0.15) is 12.8 Å². The molecular formula is C17H13ClFN3OS. The lowest BCUT2D eigenvalue weighted by Crippen LogP contribution is -2.14. The molecule has 122 valence electrons. The molecule has 1 amide bonds. The van der Waals surface area contributed by atoms with E-state index in [0.717, 1.165) is 29.4 Å². The quantitative estimate of drug-likeness (QED) is 0.704. The van der Waals surface area contributed by atoms with Crippen LogP contribution in [0.5, 0.6) is 0 Å². The Morgan fingerprint density at radius 3 is 2.75 bits per heavy atom. The van der Waals surface area contributed by atoms with Crippen LogP contribution in [0.4, 0.5) is 9.70 Å². The van der Waals surface area contributed by atoms with Crippen molar-refractivity contribution in [3.05, 3.63) is 47.6 Å². The van der Waals surface area contributed by atoms with Gasteiger partial charge in [0.1, 0.15) is 5.82 Å². The zero-order valence-corrected chi connectivity index (χ0v) is 14.1. The highest BCUT2D eigenvalue weighted by atomic mass is 35.5. The van der Waals surface area contributed by atoms with Gasteiger partial charge in [0, 0.05) is 33.7 Å². The molecule has 4 rings (SSSR count). The zero-order chi connectivity index (χ0) is 16.7. The SMILES string of the molecule is O=C(Nc1ccc2c(-c3ccccc3Cl)cn(SF)c2n1)C1CC1. The molecule has 24 heavy (non-hydrogen) atoms. The molecule has 0 unspecified atom stereocenters. The molecule has 1 aromatic carbocycles. The Labute approximate surface area is 147 Å². The van der Waals surface area contributed by atoms with Gasteiger partial charge in [-0.2, -0.15) is 0 Å². The minimum Gasteiger partial charge on any atom is -0.310 e. The summed E-state index contributed by atoms with van der Waals surface area (Å²) in [5, 5.41) is 4.15. The maximum Gasteiger partial charge on any atom is 0.228 e. The molecule has 7 heteroatoms. The maximum absolute atomic E-state index is 13.3. The van der Waals surface area contributed by atoms with Gasteiger partial charge in [0.15, 0.2) is 18.0 Å². The molecule has 1 aliphatic carbocycles. The first-order valence-corrected chi connectivity index (χ1v) is 8.59. The average Bonchev–Trinajstić information content (AvgIpc) is 3.37. The molecule has 0 radical (unpaired) electrons. The van der Waals surface area contributed by atoms with Gasteiger partial charge in [0.2, 0.25) is 5.91 Å². The number of rotatable bonds is 4. The number of hydrogen-bond acceptors (Lipinski definition) is 3. The predicted molar refractivity (Wildman–Crippen MR) is 95.6 cm³/mol. The third-order valence-corrected chi connectivity index (χ3v) is 4.81. The fraction of sp³-hybridized carbons (Fsp3) is 0.176. The second-order valence-electron chi connectivity index (χ2n) is 5.75. The van der Waals surface area contributed by atoms with Gasteiger partial charge in [-0.1, -0.05) is 29.8 Å². The van der Waals surface area contributed by atoms with Crippen LogP contribution in [-0.4, -0.2) is 14.9 Å². The third-order valence-electron chi connectivity index (χ3n) is 4.06. The molecule has 2 aromatic heterocycles. The van der Waals surface area contributed by atoms with E-state index in [1.54, 1.807) is 18.3 Å². The van der Waals surface area contributed by atoms with E-state index in [1.165, 1.54) is 3.97 Å². The van der Waals surface area contributed by atoms with Crippen molar-refractivity contribution < 1.29 is 8.68 Å². The molecule has 0 atom stereocenters. The summed E-state index contributed by atoms with van der Waals surface area (Å²) in [5.41, 5.74) is 2.06. The first-order chi connectivity index (χ1) is 11.7. The molecule has 0 aliphatic heterocycles. The molecule has 1 aliphatic rings. The molecular weight excluding hydrogens is 349 g/mol. The van der Waals surface area contributed by atoms with Crippen molar-refractivity contribution in [2.45, 2.75) is 12.8 Å². The van der Waals surface area contributed by atoms with E-state index in [4.69, 9.17) is 11.6 Å². The standard InChI is InChI=1S/C17H13ClFN3OS/c18-14-4-2-1-3-11(14)13-9-22(24-19)16-12(13)7-8-15(20-16)21-17(23)10-5-6-10/h1-4,7-10H,5-6H2,(H,20,21,23). The van der Waals surface area contributed by atoms with E-state index in [-0.39, 0.29) is 24.2 Å². The number of anilines is 1. The van der Waals surface area contributed by atoms with Gasteiger partial charge < -0.3 is 5.32 Å². The number of pyridine rings is 1. The van der Waals surface area contributed by atoms with Crippen LogP contribution in [0.25, 0.3) is 22.2 Å². The van der Waals surface area contributed by atoms with E-state index in [1.807, 2.05) is 24.3 Å². The van der Waals surface area contributed by atoms with Crippen LogP contribution < -0.4 is 5.32 Å². The Bertz CT molecular complexity index is 939. The van der Waals surface area contributed by atoms with Crippen LogP contribution in [0.2, 0.25) is 5.02 Å². The number of nitrogens with one attached hydrogen (secondary N) is 1. The van der Waals surface area contributed by atoms with Crippen molar-refractivity contribution in [2.24, 2.45) is 5.92 Å². The molecule has 0 saturated heterocycles. The maximum atomic E-state index is 13.3. The van der Waals surface area contributed by atoms with Gasteiger partial charge in [0.05, 0.1) is 0 Å². The molecule has 3 aromatic rings. The van der Waals surface area contributed by atoms with E-state index >= 15 is 0 Å². The van der Waals surface area contributed by atoms with Gasteiger partial charge in [-0.25, -0.2) is 8.96 Å². The van der Waals surface area contributed by atoms with Crippen LogP contribution >= 0.6 is 23.9 Å². The van der Waals surface area contributed by atoms with Crippen molar-refractivity contribution >= 4 is 46.7 Å². The first-order valence-electron chi connectivity index (χ1n) is 7.54. The summed E-state index contributed by atoms with van der Waals surface area (Å²) >= 11 is 6.33. The van der Waals surface area contributed by atoms with Crippen molar-refractivity contribution in [2.75, 3.05) is 5.32 Å². The Morgan fingerprint density at radius 2 is 2.04 bits per heavy atom. The van der Waals surface area contributed by atoms with Gasteiger partial charge in [-0.15, -0.1) is 3.89 Å². The lowest BCUT2D eigenvalue weighted by atomic mass is 10.1. The fourth-order valence-corrected chi connectivity index (χ4v) is 3.25. The number of amides is 1. The summed E-state index contributed by atoms with van der Waals surface area (Å²) in [6.07, 6.45) is 3.50. The summed E-state index contributed by atoms with van der Waals surface area (Å²) < 4.78 is 14.7. The number of aromatic nitrogens is 2. The monoisotopic (exact) mass is 361 g/mol. The molecule has 4 nitrogen and oxygen atoms in total. The van der Waals surface area contributed by atoms with Gasteiger partial charge in [-0.3, -0.25) is 4.79 Å². The third kappa shape index (κ3) is 2.76. The van der Waals surface area contributed by atoms with Crippen LogP contribution in [0.3, 0.4) is 0 Å². The highest BCUT2D eigenvalue weighted by Gasteiger charge is 2.30. The van der Waals surface area contributed by atoms with Gasteiger partial charge >= 0.3 is 0 Å². The number of halogens is 2. The van der Waals surface area contributed by atoms with E-state index in [0.29, 0.717) is 16.5 Å². The fourth-order valence-electron chi connectivity index (χ4n) is 2.66. The van der Waals surface area contributed by atoms with Crippen LogP contribution in [0.15, 0.2) is 42.6 Å². The normalized spacial score (nSPS) is 14.1. The zero-order valence-electron chi connectivity index (χ0n) is 12.5. The van der Waals surface area contributed by atoms with Crippen LogP contribution in [0, 0.1) is 5.92 Å². The second kappa shape index (κ2) is 6.11. The van der Waals surface area contributed by atoms with Gasteiger partial charge in [0.25, 0.3) is 0 Å². The van der Waals surface area contributed by atoms with Crippen molar-refractivity contribution in [3.63, 3.8) is 0 Å². The number of hydrogen-bond donors (Lipinski definition) is 1. The average molecular weight is 362 g/mol. The van der Waals surface area contributed by atoms with Crippen molar-refractivity contribution in [1.82, 2.24) is 8.96 Å². The summed E-state index contributed by atoms with van der Waals surface area (Å²) in [6, 6.07) is 11.0. The Hall–Kier alpha value is -2.05.